The molecule has 3 heteroatoms. The first-order chi connectivity index (χ1) is 8.36. The highest BCUT2D eigenvalue weighted by Crippen LogP contribution is 2.27. The maximum absolute atomic E-state index is 5.83. The van der Waals surface area contributed by atoms with Gasteiger partial charge in [-0.3, -0.25) is 4.90 Å². The summed E-state index contributed by atoms with van der Waals surface area (Å²) in [4.78, 5) is 2.50. The minimum absolute atomic E-state index is 0.409. The highest BCUT2D eigenvalue weighted by atomic mass is 16.5. The van der Waals surface area contributed by atoms with Gasteiger partial charge in [0.25, 0.3) is 0 Å². The molecule has 2 aliphatic rings. The topological polar surface area (TPSA) is 21.7 Å². The number of fused-ring (bicyclic) bond motifs is 1. The van der Waals surface area contributed by atoms with E-state index in [2.05, 4.69) is 23.1 Å². The molecule has 1 aromatic rings. The Labute approximate surface area is 102 Å². The van der Waals surface area contributed by atoms with Gasteiger partial charge in [0.05, 0.1) is 6.10 Å². The molecule has 2 unspecified atom stereocenters. The van der Waals surface area contributed by atoms with E-state index in [9.17, 15) is 0 Å². The van der Waals surface area contributed by atoms with Gasteiger partial charge < -0.3 is 9.47 Å². The molecule has 1 saturated heterocycles. The van der Waals surface area contributed by atoms with Crippen LogP contribution in [-0.2, 0) is 11.2 Å². The van der Waals surface area contributed by atoms with Gasteiger partial charge in [0.1, 0.15) is 12.4 Å². The first-order valence-corrected chi connectivity index (χ1v) is 6.34. The van der Waals surface area contributed by atoms with Crippen LogP contribution in [0.1, 0.15) is 12.0 Å². The molecule has 0 spiro atoms. The number of rotatable bonds is 2. The zero-order valence-electron chi connectivity index (χ0n) is 10.3. The van der Waals surface area contributed by atoms with Crippen molar-refractivity contribution in [2.24, 2.45) is 0 Å². The van der Waals surface area contributed by atoms with Gasteiger partial charge in [-0.15, -0.1) is 0 Å². The van der Waals surface area contributed by atoms with Gasteiger partial charge >= 0.3 is 0 Å². The average molecular weight is 233 g/mol. The SMILES string of the molecule is COC1CCN(C2COc3ccccc3C2)C1. The lowest BCUT2D eigenvalue weighted by molar-refractivity contribution is 0.0875. The normalized spacial score (nSPS) is 28.8. The molecule has 92 valence electrons. The molecule has 0 amide bonds. The zero-order valence-corrected chi connectivity index (χ0v) is 10.3. The van der Waals surface area contributed by atoms with Crippen molar-refractivity contribution in [2.45, 2.75) is 25.0 Å². The fourth-order valence-electron chi connectivity index (χ4n) is 2.82. The van der Waals surface area contributed by atoms with Crippen LogP contribution >= 0.6 is 0 Å². The number of hydrogen-bond donors (Lipinski definition) is 0. The second-order valence-electron chi connectivity index (χ2n) is 4.92. The van der Waals surface area contributed by atoms with Crippen molar-refractivity contribution < 1.29 is 9.47 Å². The number of ether oxygens (including phenoxy) is 2. The molecule has 2 aliphatic heterocycles. The molecule has 1 fully saturated rings. The molecule has 3 nitrogen and oxygen atoms in total. The molecular weight excluding hydrogens is 214 g/mol. The lowest BCUT2D eigenvalue weighted by atomic mass is 10.0. The number of nitrogens with zero attached hydrogens (tertiary/aromatic N) is 1. The summed E-state index contributed by atoms with van der Waals surface area (Å²) in [7, 11) is 1.81. The quantitative estimate of drug-likeness (QED) is 0.776. The third-order valence-electron chi connectivity index (χ3n) is 3.89. The molecular formula is C14H19NO2. The Morgan fingerprint density at radius 2 is 2.24 bits per heavy atom. The van der Waals surface area contributed by atoms with Crippen molar-refractivity contribution in [3.63, 3.8) is 0 Å². The Morgan fingerprint density at radius 1 is 1.35 bits per heavy atom. The maximum atomic E-state index is 5.83. The predicted molar refractivity (Wildman–Crippen MR) is 66.4 cm³/mol. The maximum Gasteiger partial charge on any atom is 0.122 e. The van der Waals surface area contributed by atoms with Crippen LogP contribution in [0, 0.1) is 0 Å². The van der Waals surface area contributed by atoms with Gasteiger partial charge in [0.2, 0.25) is 0 Å². The van der Waals surface area contributed by atoms with Crippen LogP contribution in [-0.4, -0.2) is 43.9 Å². The molecule has 17 heavy (non-hydrogen) atoms. The summed E-state index contributed by atoms with van der Waals surface area (Å²) in [5, 5.41) is 0. The number of likely N-dealkylation sites (tertiary alicyclic amines) is 1. The van der Waals surface area contributed by atoms with Crippen LogP contribution in [0.4, 0.5) is 0 Å². The Balaban J connectivity index is 1.68. The molecule has 0 N–H and O–H groups in total. The van der Waals surface area contributed by atoms with Crippen molar-refractivity contribution in [1.29, 1.82) is 0 Å². The molecule has 0 aromatic heterocycles. The summed E-state index contributed by atoms with van der Waals surface area (Å²) >= 11 is 0. The Bertz CT molecular complexity index is 394. The fraction of sp³-hybridized carbons (Fsp3) is 0.571. The molecule has 0 radical (unpaired) electrons. The third-order valence-corrected chi connectivity index (χ3v) is 3.89. The summed E-state index contributed by atoms with van der Waals surface area (Å²) < 4.78 is 11.3. The summed E-state index contributed by atoms with van der Waals surface area (Å²) in [6, 6.07) is 8.88. The summed E-state index contributed by atoms with van der Waals surface area (Å²) in [5.41, 5.74) is 1.34. The van der Waals surface area contributed by atoms with Crippen molar-refractivity contribution in [3.05, 3.63) is 29.8 Å². The van der Waals surface area contributed by atoms with Gasteiger partial charge in [0.15, 0.2) is 0 Å². The van der Waals surface area contributed by atoms with Crippen LogP contribution in [0.15, 0.2) is 24.3 Å². The largest absolute Gasteiger partial charge is 0.492 e. The Hall–Kier alpha value is -1.06. The number of para-hydroxylation sites is 1. The summed E-state index contributed by atoms with van der Waals surface area (Å²) in [6.07, 6.45) is 2.66. The number of benzene rings is 1. The van der Waals surface area contributed by atoms with E-state index in [0.717, 1.165) is 38.3 Å². The Morgan fingerprint density at radius 3 is 3.06 bits per heavy atom. The van der Waals surface area contributed by atoms with E-state index in [1.165, 1.54) is 5.56 Å². The van der Waals surface area contributed by atoms with E-state index in [-0.39, 0.29) is 0 Å². The molecule has 0 saturated carbocycles. The van der Waals surface area contributed by atoms with Crippen molar-refractivity contribution in [2.75, 3.05) is 26.8 Å². The average Bonchev–Trinajstić information content (AvgIpc) is 2.87. The van der Waals surface area contributed by atoms with Gasteiger partial charge in [-0.05, 0) is 24.5 Å². The zero-order chi connectivity index (χ0) is 11.7. The lowest BCUT2D eigenvalue weighted by Crippen LogP contribution is -2.42. The Kier molecular flexibility index (Phi) is 3.04. The van der Waals surface area contributed by atoms with Crippen LogP contribution in [0.5, 0.6) is 5.75 Å². The molecule has 0 bridgehead atoms. The van der Waals surface area contributed by atoms with E-state index in [1.807, 2.05) is 6.07 Å². The predicted octanol–water partition coefficient (Wildman–Crippen LogP) is 1.71. The van der Waals surface area contributed by atoms with Gasteiger partial charge in [-0.25, -0.2) is 0 Å². The first kappa shape index (κ1) is 11.1. The highest BCUT2D eigenvalue weighted by Gasteiger charge is 2.31. The van der Waals surface area contributed by atoms with E-state index < -0.39 is 0 Å². The van der Waals surface area contributed by atoms with Crippen molar-refractivity contribution in [1.82, 2.24) is 4.90 Å². The second kappa shape index (κ2) is 4.67. The van der Waals surface area contributed by atoms with Crippen molar-refractivity contribution in [3.8, 4) is 5.75 Å². The second-order valence-corrected chi connectivity index (χ2v) is 4.92. The third kappa shape index (κ3) is 2.17. The van der Waals surface area contributed by atoms with Crippen molar-refractivity contribution >= 4 is 0 Å². The van der Waals surface area contributed by atoms with E-state index in [0.29, 0.717) is 12.1 Å². The van der Waals surface area contributed by atoms with Crippen LogP contribution in [0.25, 0.3) is 0 Å². The minimum atomic E-state index is 0.409. The smallest absolute Gasteiger partial charge is 0.122 e. The molecule has 3 rings (SSSR count). The first-order valence-electron chi connectivity index (χ1n) is 6.34. The van der Waals surface area contributed by atoms with Crippen LogP contribution < -0.4 is 4.74 Å². The monoisotopic (exact) mass is 233 g/mol. The highest BCUT2D eigenvalue weighted by molar-refractivity contribution is 5.35. The van der Waals surface area contributed by atoms with E-state index >= 15 is 0 Å². The number of hydrogen-bond acceptors (Lipinski definition) is 3. The summed E-state index contributed by atoms with van der Waals surface area (Å²) in [5.74, 6) is 1.06. The van der Waals surface area contributed by atoms with E-state index in [4.69, 9.17) is 9.47 Å². The molecule has 2 atom stereocenters. The molecule has 0 aliphatic carbocycles. The lowest BCUT2D eigenvalue weighted by Gasteiger charge is -2.32. The summed E-state index contributed by atoms with van der Waals surface area (Å²) in [6.45, 7) is 2.99. The van der Waals surface area contributed by atoms with Gasteiger partial charge in [0, 0.05) is 26.2 Å². The van der Waals surface area contributed by atoms with Gasteiger partial charge in [-0.2, -0.15) is 0 Å². The number of methoxy groups -OCH3 is 1. The van der Waals surface area contributed by atoms with E-state index in [1.54, 1.807) is 7.11 Å². The van der Waals surface area contributed by atoms with Crippen LogP contribution in [0.3, 0.4) is 0 Å². The van der Waals surface area contributed by atoms with Crippen LogP contribution in [0.2, 0.25) is 0 Å². The standard InChI is InChI=1S/C14H19NO2/c1-16-13-6-7-15(9-13)12-8-11-4-2-3-5-14(11)17-10-12/h2-5,12-13H,6-10H2,1H3. The molecule has 1 aromatic carbocycles. The fourth-order valence-corrected chi connectivity index (χ4v) is 2.82. The molecule has 2 heterocycles. The minimum Gasteiger partial charge on any atom is -0.492 e. The van der Waals surface area contributed by atoms with Gasteiger partial charge in [-0.1, -0.05) is 18.2 Å².